The Bertz CT molecular complexity index is 551. The summed E-state index contributed by atoms with van der Waals surface area (Å²) in [4.78, 5) is 28.0. The molecule has 0 unspecified atom stereocenters. The summed E-state index contributed by atoms with van der Waals surface area (Å²) < 4.78 is 0. The molecule has 1 saturated heterocycles. The first-order valence-corrected chi connectivity index (χ1v) is 7.49. The zero-order valence-electron chi connectivity index (χ0n) is 13.0. The number of carbonyl (C=O) groups excluding carboxylic acids is 2. The number of rotatable bonds is 2. The van der Waals surface area contributed by atoms with E-state index >= 15 is 0 Å². The SMILES string of the molecule is CC(C)C(=O)N1CCCN(C(=O)c2cc(O)cc(O)c2)CC1. The van der Waals surface area contributed by atoms with Crippen LogP contribution in [-0.4, -0.2) is 58.0 Å². The topological polar surface area (TPSA) is 81.1 Å². The summed E-state index contributed by atoms with van der Waals surface area (Å²) in [6, 6.07) is 3.86. The first-order valence-electron chi connectivity index (χ1n) is 7.49. The van der Waals surface area contributed by atoms with Gasteiger partial charge in [0.1, 0.15) is 11.5 Å². The molecule has 1 aliphatic rings. The Morgan fingerprint density at radius 1 is 0.955 bits per heavy atom. The number of phenolic OH excluding ortho intramolecular Hbond substituents is 2. The summed E-state index contributed by atoms with van der Waals surface area (Å²) in [6.07, 6.45) is 0.717. The molecule has 0 radical (unpaired) electrons. The van der Waals surface area contributed by atoms with Crippen molar-refractivity contribution in [2.24, 2.45) is 5.92 Å². The van der Waals surface area contributed by atoms with Gasteiger partial charge >= 0.3 is 0 Å². The molecule has 2 amide bonds. The van der Waals surface area contributed by atoms with Crippen molar-refractivity contribution in [2.75, 3.05) is 26.2 Å². The fourth-order valence-electron chi connectivity index (χ4n) is 2.61. The first kappa shape index (κ1) is 16.1. The number of hydrogen-bond acceptors (Lipinski definition) is 4. The number of nitrogens with zero attached hydrogens (tertiary/aromatic N) is 2. The smallest absolute Gasteiger partial charge is 0.254 e. The molecule has 2 rings (SSSR count). The fourth-order valence-corrected chi connectivity index (χ4v) is 2.61. The van der Waals surface area contributed by atoms with Gasteiger partial charge in [0.15, 0.2) is 0 Å². The average Bonchev–Trinajstić information content (AvgIpc) is 2.70. The number of phenols is 2. The largest absolute Gasteiger partial charge is 0.508 e. The highest BCUT2D eigenvalue weighted by molar-refractivity contribution is 5.95. The highest BCUT2D eigenvalue weighted by atomic mass is 16.3. The van der Waals surface area contributed by atoms with E-state index in [9.17, 15) is 19.8 Å². The normalized spacial score (nSPS) is 15.8. The number of hydrogen-bond donors (Lipinski definition) is 2. The Morgan fingerprint density at radius 3 is 2.09 bits per heavy atom. The van der Waals surface area contributed by atoms with Gasteiger partial charge in [0.05, 0.1) is 0 Å². The van der Waals surface area contributed by atoms with Crippen molar-refractivity contribution in [1.82, 2.24) is 9.80 Å². The summed E-state index contributed by atoms with van der Waals surface area (Å²) >= 11 is 0. The molecule has 0 bridgehead atoms. The maximum atomic E-state index is 12.5. The molecule has 0 atom stereocenters. The van der Waals surface area contributed by atoms with E-state index in [0.29, 0.717) is 26.2 Å². The van der Waals surface area contributed by atoms with Crippen LogP contribution in [0.4, 0.5) is 0 Å². The van der Waals surface area contributed by atoms with Gasteiger partial charge in [-0.25, -0.2) is 0 Å². The van der Waals surface area contributed by atoms with Crippen molar-refractivity contribution in [3.63, 3.8) is 0 Å². The van der Waals surface area contributed by atoms with Crippen LogP contribution in [-0.2, 0) is 4.79 Å². The Hall–Kier alpha value is -2.24. The Labute approximate surface area is 130 Å². The molecule has 22 heavy (non-hydrogen) atoms. The molecule has 1 heterocycles. The minimum absolute atomic E-state index is 0.0507. The molecular formula is C16H22N2O4. The zero-order valence-corrected chi connectivity index (χ0v) is 13.0. The Morgan fingerprint density at radius 2 is 1.50 bits per heavy atom. The minimum Gasteiger partial charge on any atom is -0.508 e. The van der Waals surface area contributed by atoms with Crippen LogP contribution in [0.2, 0.25) is 0 Å². The van der Waals surface area contributed by atoms with Gasteiger partial charge in [-0.1, -0.05) is 13.8 Å². The van der Waals surface area contributed by atoms with Gasteiger partial charge < -0.3 is 20.0 Å². The van der Waals surface area contributed by atoms with Gasteiger partial charge in [0.25, 0.3) is 5.91 Å². The molecule has 0 aliphatic carbocycles. The lowest BCUT2D eigenvalue weighted by atomic mass is 10.1. The first-order chi connectivity index (χ1) is 10.4. The summed E-state index contributed by atoms with van der Waals surface area (Å²) in [5, 5.41) is 19.0. The second kappa shape index (κ2) is 6.68. The van der Waals surface area contributed by atoms with Gasteiger partial charge in [0.2, 0.25) is 5.91 Å². The van der Waals surface area contributed by atoms with Crippen LogP contribution in [0.25, 0.3) is 0 Å². The van der Waals surface area contributed by atoms with E-state index in [1.165, 1.54) is 18.2 Å². The lowest BCUT2D eigenvalue weighted by Gasteiger charge is -2.23. The molecule has 0 saturated carbocycles. The molecule has 2 N–H and O–H groups in total. The Balaban J connectivity index is 2.07. The van der Waals surface area contributed by atoms with Crippen LogP contribution in [0.3, 0.4) is 0 Å². The molecule has 1 aromatic carbocycles. The van der Waals surface area contributed by atoms with Crippen molar-refractivity contribution in [1.29, 1.82) is 0 Å². The number of aromatic hydroxyl groups is 2. The molecule has 6 heteroatoms. The van der Waals surface area contributed by atoms with E-state index < -0.39 is 0 Å². The molecule has 1 aliphatic heterocycles. The van der Waals surface area contributed by atoms with Crippen molar-refractivity contribution >= 4 is 11.8 Å². The van der Waals surface area contributed by atoms with E-state index in [-0.39, 0.29) is 34.8 Å². The summed E-state index contributed by atoms with van der Waals surface area (Å²) in [5.41, 5.74) is 0.251. The van der Waals surface area contributed by atoms with E-state index in [2.05, 4.69) is 0 Å². The van der Waals surface area contributed by atoms with Gasteiger partial charge in [-0.2, -0.15) is 0 Å². The quantitative estimate of drug-likeness (QED) is 0.866. The maximum Gasteiger partial charge on any atom is 0.254 e. The molecule has 0 spiro atoms. The highest BCUT2D eigenvalue weighted by Crippen LogP contribution is 2.22. The average molecular weight is 306 g/mol. The maximum absolute atomic E-state index is 12.5. The minimum atomic E-state index is -0.245. The van der Waals surface area contributed by atoms with Crippen molar-refractivity contribution < 1.29 is 19.8 Å². The monoisotopic (exact) mass is 306 g/mol. The third-order valence-electron chi connectivity index (χ3n) is 3.74. The predicted octanol–water partition coefficient (Wildman–Crippen LogP) is 1.43. The van der Waals surface area contributed by atoms with Crippen LogP contribution in [0.15, 0.2) is 18.2 Å². The number of amides is 2. The van der Waals surface area contributed by atoms with E-state index in [1.54, 1.807) is 9.80 Å². The lowest BCUT2D eigenvalue weighted by Crippen LogP contribution is -2.38. The van der Waals surface area contributed by atoms with Crippen molar-refractivity contribution in [2.45, 2.75) is 20.3 Å². The van der Waals surface area contributed by atoms with Crippen LogP contribution in [0.5, 0.6) is 11.5 Å². The van der Waals surface area contributed by atoms with Gasteiger partial charge in [0, 0.05) is 43.7 Å². The lowest BCUT2D eigenvalue weighted by molar-refractivity contribution is -0.134. The van der Waals surface area contributed by atoms with Crippen molar-refractivity contribution in [3.05, 3.63) is 23.8 Å². The van der Waals surface area contributed by atoms with Crippen LogP contribution in [0, 0.1) is 5.92 Å². The van der Waals surface area contributed by atoms with E-state index in [4.69, 9.17) is 0 Å². The predicted molar refractivity (Wildman–Crippen MR) is 81.7 cm³/mol. The molecule has 1 aromatic rings. The standard InChI is InChI=1S/C16H22N2O4/c1-11(2)15(21)17-4-3-5-18(7-6-17)16(22)12-8-13(19)10-14(20)9-12/h8-11,19-20H,3-7H2,1-2H3. The van der Waals surface area contributed by atoms with Gasteiger partial charge in [-0.3, -0.25) is 9.59 Å². The second-order valence-electron chi connectivity index (χ2n) is 5.86. The molecule has 120 valence electrons. The van der Waals surface area contributed by atoms with Crippen LogP contribution >= 0.6 is 0 Å². The third kappa shape index (κ3) is 3.69. The zero-order chi connectivity index (χ0) is 16.3. The van der Waals surface area contributed by atoms with Crippen LogP contribution < -0.4 is 0 Å². The van der Waals surface area contributed by atoms with E-state index in [1.807, 2.05) is 13.8 Å². The van der Waals surface area contributed by atoms with Gasteiger partial charge in [-0.05, 0) is 18.6 Å². The second-order valence-corrected chi connectivity index (χ2v) is 5.86. The molecular weight excluding hydrogens is 284 g/mol. The van der Waals surface area contributed by atoms with Crippen molar-refractivity contribution in [3.8, 4) is 11.5 Å². The number of benzene rings is 1. The molecule has 0 aromatic heterocycles. The highest BCUT2D eigenvalue weighted by Gasteiger charge is 2.24. The fraction of sp³-hybridized carbons (Fsp3) is 0.500. The summed E-state index contributed by atoms with van der Waals surface area (Å²) in [5.74, 6) is -0.482. The molecule has 6 nitrogen and oxygen atoms in total. The third-order valence-corrected chi connectivity index (χ3v) is 3.74. The summed E-state index contributed by atoms with van der Waals surface area (Å²) in [7, 11) is 0. The summed E-state index contributed by atoms with van der Waals surface area (Å²) in [6.45, 7) is 5.89. The van der Waals surface area contributed by atoms with E-state index in [0.717, 1.165) is 6.42 Å². The van der Waals surface area contributed by atoms with Crippen LogP contribution in [0.1, 0.15) is 30.6 Å². The van der Waals surface area contributed by atoms with Gasteiger partial charge in [-0.15, -0.1) is 0 Å². The number of carbonyl (C=O) groups is 2. The molecule has 1 fully saturated rings. The Kier molecular flexibility index (Phi) is 4.90.